The summed E-state index contributed by atoms with van der Waals surface area (Å²) in [7, 11) is 0. The van der Waals surface area contributed by atoms with E-state index < -0.39 is 18.0 Å². The molecular formula is C14H16O5. The normalized spacial score (nSPS) is 10.4. The largest absolute Gasteiger partial charge is 0.478 e. The van der Waals surface area contributed by atoms with Gasteiger partial charge in [-0.3, -0.25) is 0 Å². The van der Waals surface area contributed by atoms with Crippen LogP contribution in [0.3, 0.4) is 0 Å². The van der Waals surface area contributed by atoms with E-state index in [1.54, 1.807) is 24.3 Å². The van der Waals surface area contributed by atoms with Crippen LogP contribution in [0.15, 0.2) is 55.1 Å². The van der Waals surface area contributed by atoms with Gasteiger partial charge in [0.25, 0.3) is 0 Å². The SMILES string of the molecule is C=C(C(=O)O)C(C)O.C=CC(=O)Oc1ccccc1. The molecule has 0 heterocycles. The van der Waals surface area contributed by atoms with Gasteiger partial charge in [-0.15, -0.1) is 0 Å². The Hall–Kier alpha value is -2.40. The van der Waals surface area contributed by atoms with Crippen molar-refractivity contribution in [3.8, 4) is 5.75 Å². The monoisotopic (exact) mass is 264 g/mol. The number of aliphatic carboxylic acids is 1. The Balaban J connectivity index is 0.000000362. The van der Waals surface area contributed by atoms with E-state index >= 15 is 0 Å². The summed E-state index contributed by atoms with van der Waals surface area (Å²) < 4.78 is 4.81. The quantitative estimate of drug-likeness (QED) is 0.492. The van der Waals surface area contributed by atoms with Crippen LogP contribution >= 0.6 is 0 Å². The summed E-state index contributed by atoms with van der Waals surface area (Å²) >= 11 is 0. The molecule has 0 aliphatic heterocycles. The van der Waals surface area contributed by atoms with Crippen LogP contribution in [0.25, 0.3) is 0 Å². The van der Waals surface area contributed by atoms with Gasteiger partial charge in [-0.2, -0.15) is 0 Å². The van der Waals surface area contributed by atoms with Crippen molar-refractivity contribution < 1.29 is 24.5 Å². The third-order valence-corrected chi connectivity index (χ3v) is 1.91. The minimum atomic E-state index is -1.15. The van der Waals surface area contributed by atoms with E-state index in [0.29, 0.717) is 5.75 Å². The molecule has 0 radical (unpaired) electrons. The third-order valence-electron chi connectivity index (χ3n) is 1.91. The molecule has 1 aromatic carbocycles. The first-order chi connectivity index (χ1) is 8.88. The van der Waals surface area contributed by atoms with E-state index in [0.717, 1.165) is 6.08 Å². The molecule has 0 aliphatic carbocycles. The Morgan fingerprint density at radius 3 is 2.16 bits per heavy atom. The highest BCUT2D eigenvalue weighted by Crippen LogP contribution is 2.07. The fraction of sp³-hybridized carbons (Fsp3) is 0.143. The average Bonchev–Trinajstić information content (AvgIpc) is 2.39. The predicted octanol–water partition coefficient (Wildman–Crippen LogP) is 1.79. The summed E-state index contributed by atoms with van der Waals surface area (Å²) in [5.74, 6) is -1.05. The van der Waals surface area contributed by atoms with Gasteiger partial charge in [0.15, 0.2) is 0 Å². The summed E-state index contributed by atoms with van der Waals surface area (Å²) in [6.07, 6.45) is 0.181. The van der Waals surface area contributed by atoms with Crippen molar-refractivity contribution >= 4 is 11.9 Å². The molecule has 2 N–H and O–H groups in total. The topological polar surface area (TPSA) is 83.8 Å². The Morgan fingerprint density at radius 2 is 1.84 bits per heavy atom. The maximum atomic E-state index is 10.6. The van der Waals surface area contributed by atoms with Crippen LogP contribution in [-0.4, -0.2) is 28.3 Å². The van der Waals surface area contributed by atoms with Gasteiger partial charge >= 0.3 is 11.9 Å². The van der Waals surface area contributed by atoms with E-state index in [1.807, 2.05) is 6.07 Å². The van der Waals surface area contributed by atoms with Gasteiger partial charge in [-0.1, -0.05) is 31.4 Å². The Labute approximate surface area is 111 Å². The van der Waals surface area contributed by atoms with Gasteiger partial charge in [0, 0.05) is 6.08 Å². The van der Waals surface area contributed by atoms with Crippen molar-refractivity contribution in [3.05, 3.63) is 55.1 Å². The number of carbonyl (C=O) groups is 2. The van der Waals surface area contributed by atoms with Crippen LogP contribution < -0.4 is 4.74 Å². The highest BCUT2D eigenvalue weighted by atomic mass is 16.5. The molecule has 0 aromatic heterocycles. The number of carboxylic acids is 1. The molecule has 0 bridgehead atoms. The first-order valence-corrected chi connectivity index (χ1v) is 5.38. The second-order valence-corrected chi connectivity index (χ2v) is 3.44. The van der Waals surface area contributed by atoms with E-state index in [-0.39, 0.29) is 5.57 Å². The predicted molar refractivity (Wildman–Crippen MR) is 70.7 cm³/mol. The van der Waals surface area contributed by atoms with Crippen molar-refractivity contribution in [3.63, 3.8) is 0 Å². The average molecular weight is 264 g/mol. The Bertz CT molecular complexity index is 448. The van der Waals surface area contributed by atoms with Crippen LogP contribution in [0.2, 0.25) is 0 Å². The number of hydrogen-bond donors (Lipinski definition) is 2. The number of aliphatic hydroxyl groups is 1. The van der Waals surface area contributed by atoms with Crippen LogP contribution in [0.5, 0.6) is 5.75 Å². The number of hydrogen-bond acceptors (Lipinski definition) is 4. The smallest absolute Gasteiger partial charge is 0.335 e. The number of carboxylic acid groups (broad SMARTS) is 1. The number of rotatable bonds is 4. The molecular weight excluding hydrogens is 248 g/mol. The minimum Gasteiger partial charge on any atom is -0.478 e. The molecule has 0 saturated carbocycles. The Kier molecular flexibility index (Phi) is 7.56. The van der Waals surface area contributed by atoms with Gasteiger partial charge in [0.2, 0.25) is 0 Å². The van der Waals surface area contributed by atoms with E-state index in [2.05, 4.69) is 13.2 Å². The lowest BCUT2D eigenvalue weighted by Crippen LogP contribution is -2.11. The number of carbonyl (C=O) groups excluding carboxylic acids is 1. The molecule has 0 amide bonds. The number of ether oxygens (including phenoxy) is 1. The fourth-order valence-electron chi connectivity index (χ4n) is 0.825. The molecule has 1 rings (SSSR count). The zero-order chi connectivity index (χ0) is 14.8. The van der Waals surface area contributed by atoms with Gasteiger partial charge in [-0.25, -0.2) is 9.59 Å². The summed E-state index contributed by atoms with van der Waals surface area (Å²) in [6, 6.07) is 8.87. The summed E-state index contributed by atoms with van der Waals surface area (Å²) in [5, 5.41) is 16.6. The molecule has 0 fully saturated rings. The van der Waals surface area contributed by atoms with Crippen molar-refractivity contribution in [2.45, 2.75) is 13.0 Å². The molecule has 1 unspecified atom stereocenters. The van der Waals surface area contributed by atoms with E-state index in [9.17, 15) is 9.59 Å². The lowest BCUT2D eigenvalue weighted by atomic mass is 10.2. The highest BCUT2D eigenvalue weighted by molar-refractivity contribution is 5.86. The standard InChI is InChI=1S/C9H8O2.C5H8O3/c1-2-9(10)11-8-6-4-3-5-7-8;1-3(4(2)6)5(7)8/h2-7H,1H2;4,6H,1H2,2H3,(H,7,8). The molecule has 5 heteroatoms. The van der Waals surface area contributed by atoms with Gasteiger partial charge in [0.1, 0.15) is 5.75 Å². The van der Waals surface area contributed by atoms with Crippen molar-refractivity contribution in [2.24, 2.45) is 0 Å². The summed E-state index contributed by atoms with van der Waals surface area (Å²) in [5.41, 5.74) is -0.176. The Morgan fingerprint density at radius 1 is 1.32 bits per heavy atom. The molecule has 19 heavy (non-hydrogen) atoms. The zero-order valence-corrected chi connectivity index (χ0v) is 10.6. The van der Waals surface area contributed by atoms with Crippen LogP contribution in [0.4, 0.5) is 0 Å². The molecule has 0 saturated heterocycles. The molecule has 1 aromatic rings. The first-order valence-electron chi connectivity index (χ1n) is 5.38. The molecule has 0 aliphatic rings. The number of aliphatic hydroxyl groups excluding tert-OH is 1. The maximum Gasteiger partial charge on any atom is 0.335 e. The lowest BCUT2D eigenvalue weighted by Gasteiger charge is -1.99. The number of para-hydroxylation sites is 1. The second kappa shape index (κ2) is 8.66. The number of esters is 1. The molecule has 102 valence electrons. The van der Waals surface area contributed by atoms with Crippen molar-refractivity contribution in [2.75, 3.05) is 0 Å². The number of benzene rings is 1. The maximum absolute atomic E-state index is 10.6. The van der Waals surface area contributed by atoms with Crippen LogP contribution in [0.1, 0.15) is 6.92 Å². The fourth-order valence-corrected chi connectivity index (χ4v) is 0.825. The van der Waals surface area contributed by atoms with Crippen molar-refractivity contribution in [1.29, 1.82) is 0 Å². The molecule has 5 nitrogen and oxygen atoms in total. The lowest BCUT2D eigenvalue weighted by molar-refractivity contribution is -0.133. The van der Waals surface area contributed by atoms with Gasteiger partial charge < -0.3 is 14.9 Å². The summed E-state index contributed by atoms with van der Waals surface area (Å²) in [6.45, 7) is 7.74. The second-order valence-electron chi connectivity index (χ2n) is 3.44. The van der Waals surface area contributed by atoms with E-state index in [1.165, 1.54) is 6.92 Å². The molecule has 1 atom stereocenters. The van der Waals surface area contributed by atoms with E-state index in [4.69, 9.17) is 14.9 Å². The van der Waals surface area contributed by atoms with Gasteiger partial charge in [-0.05, 0) is 19.1 Å². The minimum absolute atomic E-state index is 0.176. The highest BCUT2D eigenvalue weighted by Gasteiger charge is 2.08. The first kappa shape index (κ1) is 16.6. The van der Waals surface area contributed by atoms with Crippen molar-refractivity contribution in [1.82, 2.24) is 0 Å². The van der Waals surface area contributed by atoms with Crippen LogP contribution in [0, 0.1) is 0 Å². The zero-order valence-electron chi connectivity index (χ0n) is 10.6. The molecule has 0 spiro atoms. The van der Waals surface area contributed by atoms with Crippen LogP contribution in [-0.2, 0) is 9.59 Å². The summed E-state index contributed by atoms with van der Waals surface area (Å²) in [4.78, 5) is 20.5. The van der Waals surface area contributed by atoms with Gasteiger partial charge in [0.05, 0.1) is 11.7 Å². The third kappa shape index (κ3) is 7.51.